The van der Waals surface area contributed by atoms with Crippen molar-refractivity contribution in [2.45, 2.75) is 6.61 Å². The van der Waals surface area contributed by atoms with Crippen LogP contribution in [0.5, 0.6) is 5.75 Å². The maximum Gasteiger partial charge on any atom is 0.271 e. The molecule has 0 aromatic heterocycles. The van der Waals surface area contributed by atoms with Gasteiger partial charge in [0, 0.05) is 15.6 Å². The van der Waals surface area contributed by atoms with E-state index in [1.54, 1.807) is 12.1 Å². The third-order valence-corrected chi connectivity index (χ3v) is 4.99. The Kier molecular flexibility index (Phi) is 7.09. The highest BCUT2D eigenvalue weighted by Crippen LogP contribution is 2.24. The van der Waals surface area contributed by atoms with Crippen LogP contribution in [-0.4, -0.2) is 12.1 Å². The highest BCUT2D eigenvalue weighted by molar-refractivity contribution is 9.10. The van der Waals surface area contributed by atoms with Crippen LogP contribution in [0, 0.1) is 0 Å². The quantitative estimate of drug-likeness (QED) is 0.344. The van der Waals surface area contributed by atoms with Crippen LogP contribution in [0.1, 0.15) is 21.5 Å². The number of nitrogens with one attached hydrogen (secondary N) is 1. The van der Waals surface area contributed by atoms with Gasteiger partial charge < -0.3 is 4.74 Å². The van der Waals surface area contributed by atoms with E-state index in [9.17, 15) is 4.79 Å². The summed E-state index contributed by atoms with van der Waals surface area (Å²) in [6.07, 6.45) is 1.53. The van der Waals surface area contributed by atoms with Crippen molar-refractivity contribution < 1.29 is 9.53 Å². The number of benzene rings is 3. The minimum atomic E-state index is -0.392. The van der Waals surface area contributed by atoms with Crippen molar-refractivity contribution in [3.8, 4) is 5.75 Å². The van der Waals surface area contributed by atoms with Gasteiger partial charge in [0.2, 0.25) is 0 Å². The Bertz CT molecular complexity index is 1010. The Morgan fingerprint density at radius 3 is 2.57 bits per heavy atom. The van der Waals surface area contributed by atoms with E-state index in [2.05, 4.69) is 26.5 Å². The molecule has 0 aliphatic heterocycles. The standard InChI is InChI=1S/C21H15BrCl2N2O2/c22-17-7-9-20(28-13-14-4-2-1-3-5-14)16(10-17)12-25-26-21(27)15-6-8-18(23)19(24)11-15/h1-12H,13H2,(H,26,27)/b25-12-. The zero-order valence-corrected chi connectivity index (χ0v) is 17.6. The second-order valence-electron chi connectivity index (χ2n) is 5.78. The Hall–Kier alpha value is -2.34. The molecule has 4 nitrogen and oxygen atoms in total. The number of halogens is 3. The number of carbonyl (C=O) groups excluding carboxylic acids is 1. The third kappa shape index (κ3) is 5.58. The van der Waals surface area contributed by atoms with E-state index in [1.165, 1.54) is 12.3 Å². The van der Waals surface area contributed by atoms with Gasteiger partial charge in [-0.3, -0.25) is 4.79 Å². The van der Waals surface area contributed by atoms with E-state index >= 15 is 0 Å². The van der Waals surface area contributed by atoms with Crippen LogP contribution in [-0.2, 0) is 6.61 Å². The Balaban J connectivity index is 1.69. The highest BCUT2D eigenvalue weighted by Gasteiger charge is 2.08. The average Bonchev–Trinajstić information content (AvgIpc) is 2.70. The summed E-state index contributed by atoms with van der Waals surface area (Å²) in [5.74, 6) is 0.260. The van der Waals surface area contributed by atoms with E-state index in [4.69, 9.17) is 27.9 Å². The monoisotopic (exact) mass is 476 g/mol. The topological polar surface area (TPSA) is 50.7 Å². The smallest absolute Gasteiger partial charge is 0.271 e. The summed E-state index contributed by atoms with van der Waals surface area (Å²) in [4.78, 5) is 12.2. The lowest BCUT2D eigenvalue weighted by Crippen LogP contribution is -2.17. The van der Waals surface area contributed by atoms with Crippen LogP contribution in [0.15, 0.2) is 76.3 Å². The molecule has 0 radical (unpaired) electrons. The van der Waals surface area contributed by atoms with Crippen LogP contribution in [0.25, 0.3) is 0 Å². The first-order valence-corrected chi connectivity index (χ1v) is 9.82. The van der Waals surface area contributed by atoms with Gasteiger partial charge >= 0.3 is 0 Å². The number of carbonyl (C=O) groups is 1. The molecule has 142 valence electrons. The second kappa shape index (κ2) is 9.73. The largest absolute Gasteiger partial charge is 0.488 e. The fourth-order valence-electron chi connectivity index (χ4n) is 2.35. The van der Waals surface area contributed by atoms with Gasteiger partial charge in [-0.25, -0.2) is 5.43 Å². The third-order valence-electron chi connectivity index (χ3n) is 3.76. The lowest BCUT2D eigenvalue weighted by molar-refractivity contribution is 0.0955. The lowest BCUT2D eigenvalue weighted by Gasteiger charge is -2.09. The van der Waals surface area contributed by atoms with Gasteiger partial charge in [0.1, 0.15) is 12.4 Å². The van der Waals surface area contributed by atoms with Gasteiger partial charge in [-0.15, -0.1) is 0 Å². The average molecular weight is 478 g/mol. The van der Waals surface area contributed by atoms with E-state index in [1.807, 2.05) is 48.5 Å². The molecule has 28 heavy (non-hydrogen) atoms. The molecule has 0 fully saturated rings. The normalized spacial score (nSPS) is 10.8. The number of amides is 1. The molecule has 0 bridgehead atoms. The second-order valence-corrected chi connectivity index (χ2v) is 7.51. The Labute approximate surface area is 181 Å². The van der Waals surface area contributed by atoms with Crippen molar-refractivity contribution in [3.05, 3.63) is 97.9 Å². The van der Waals surface area contributed by atoms with E-state index in [0.29, 0.717) is 28.0 Å². The lowest BCUT2D eigenvalue weighted by atomic mass is 10.2. The molecule has 0 atom stereocenters. The van der Waals surface area contributed by atoms with Crippen molar-refractivity contribution in [3.63, 3.8) is 0 Å². The zero-order valence-electron chi connectivity index (χ0n) is 14.5. The summed E-state index contributed by atoms with van der Waals surface area (Å²) in [6.45, 7) is 0.430. The van der Waals surface area contributed by atoms with Crippen molar-refractivity contribution >= 4 is 51.3 Å². The predicted molar refractivity (Wildman–Crippen MR) is 116 cm³/mol. The van der Waals surface area contributed by atoms with Crippen LogP contribution < -0.4 is 10.2 Å². The summed E-state index contributed by atoms with van der Waals surface area (Å²) >= 11 is 15.2. The summed E-state index contributed by atoms with van der Waals surface area (Å²) < 4.78 is 6.76. The first-order valence-electron chi connectivity index (χ1n) is 8.27. The first-order chi connectivity index (χ1) is 13.5. The molecule has 3 rings (SSSR count). The molecule has 0 saturated carbocycles. The van der Waals surface area contributed by atoms with Gasteiger partial charge in [0.05, 0.1) is 16.3 Å². The first kappa shape index (κ1) is 20.4. The fourth-order valence-corrected chi connectivity index (χ4v) is 3.03. The number of nitrogens with zero attached hydrogens (tertiary/aromatic N) is 1. The van der Waals surface area contributed by atoms with Crippen LogP contribution in [0.2, 0.25) is 10.0 Å². The van der Waals surface area contributed by atoms with Crippen LogP contribution in [0.3, 0.4) is 0 Å². The predicted octanol–water partition coefficient (Wildman–Crippen LogP) is 6.10. The molecular formula is C21H15BrCl2N2O2. The maximum atomic E-state index is 12.2. The van der Waals surface area contributed by atoms with Gasteiger partial charge in [-0.05, 0) is 42.0 Å². The number of hydrogen-bond acceptors (Lipinski definition) is 3. The Morgan fingerprint density at radius 2 is 1.82 bits per heavy atom. The molecule has 0 unspecified atom stereocenters. The number of rotatable bonds is 6. The van der Waals surface area contributed by atoms with Gasteiger partial charge in [0.15, 0.2) is 0 Å². The van der Waals surface area contributed by atoms with Crippen molar-refractivity contribution in [1.82, 2.24) is 5.43 Å². The van der Waals surface area contributed by atoms with Crippen molar-refractivity contribution in [1.29, 1.82) is 0 Å². The molecule has 0 aliphatic carbocycles. The van der Waals surface area contributed by atoms with Crippen LogP contribution in [0.4, 0.5) is 0 Å². The summed E-state index contributed by atoms with van der Waals surface area (Å²) in [6, 6.07) is 20.1. The van der Waals surface area contributed by atoms with Crippen molar-refractivity contribution in [2.24, 2.45) is 5.10 Å². The molecule has 0 saturated heterocycles. The maximum absolute atomic E-state index is 12.2. The number of ether oxygens (including phenoxy) is 1. The van der Waals surface area contributed by atoms with Gasteiger partial charge in [-0.1, -0.05) is 69.5 Å². The molecule has 1 amide bonds. The molecular weight excluding hydrogens is 463 g/mol. The molecule has 3 aromatic carbocycles. The van der Waals surface area contributed by atoms with Crippen LogP contribution >= 0.6 is 39.1 Å². The SMILES string of the molecule is O=C(N/N=C\c1cc(Br)ccc1OCc1ccccc1)c1ccc(Cl)c(Cl)c1. The highest BCUT2D eigenvalue weighted by atomic mass is 79.9. The minimum absolute atomic E-state index is 0.307. The molecule has 1 N–H and O–H groups in total. The summed E-state index contributed by atoms with van der Waals surface area (Å²) in [5.41, 5.74) is 4.61. The molecule has 0 spiro atoms. The van der Waals surface area contributed by atoms with E-state index in [0.717, 1.165) is 15.6 Å². The van der Waals surface area contributed by atoms with Gasteiger partial charge in [0.25, 0.3) is 5.91 Å². The summed E-state index contributed by atoms with van der Waals surface area (Å²) in [5, 5.41) is 4.72. The molecule has 7 heteroatoms. The fraction of sp³-hybridized carbons (Fsp3) is 0.0476. The zero-order chi connectivity index (χ0) is 19.9. The van der Waals surface area contributed by atoms with Crippen molar-refractivity contribution in [2.75, 3.05) is 0 Å². The number of hydrazone groups is 1. The summed E-state index contributed by atoms with van der Waals surface area (Å²) in [7, 11) is 0. The van der Waals surface area contributed by atoms with E-state index < -0.39 is 5.91 Å². The molecule has 3 aromatic rings. The number of hydrogen-bond donors (Lipinski definition) is 1. The van der Waals surface area contributed by atoms with E-state index in [-0.39, 0.29) is 0 Å². The Morgan fingerprint density at radius 1 is 1.04 bits per heavy atom. The molecule has 0 heterocycles. The minimum Gasteiger partial charge on any atom is -0.488 e. The molecule has 0 aliphatic rings. The van der Waals surface area contributed by atoms with Gasteiger partial charge in [-0.2, -0.15) is 5.10 Å².